The van der Waals surface area contributed by atoms with Crippen molar-refractivity contribution in [3.05, 3.63) is 64.1 Å². The van der Waals surface area contributed by atoms with Gasteiger partial charge >= 0.3 is 0 Å². The zero-order valence-electron chi connectivity index (χ0n) is 10.0. The number of phenolic OH excluding ortho intramolecular Hbond substituents is 1. The maximum absolute atomic E-state index is 9.19. The Morgan fingerprint density at radius 3 is 2.28 bits per heavy atom. The van der Waals surface area contributed by atoms with Crippen molar-refractivity contribution in [2.75, 3.05) is 0 Å². The van der Waals surface area contributed by atoms with Crippen LogP contribution < -0.4 is 0 Å². The Labute approximate surface area is 115 Å². The lowest BCUT2D eigenvalue weighted by Gasteiger charge is -2.06. The van der Waals surface area contributed by atoms with Crippen molar-refractivity contribution in [1.82, 2.24) is 0 Å². The highest BCUT2D eigenvalue weighted by molar-refractivity contribution is 9.10. The van der Waals surface area contributed by atoms with Crippen LogP contribution in [0, 0.1) is 0 Å². The van der Waals surface area contributed by atoms with E-state index in [9.17, 15) is 5.11 Å². The van der Waals surface area contributed by atoms with Gasteiger partial charge in [-0.05, 0) is 54.4 Å². The van der Waals surface area contributed by atoms with Gasteiger partial charge in [0.1, 0.15) is 5.75 Å². The number of halogens is 1. The molecule has 1 unspecified atom stereocenters. The van der Waals surface area contributed by atoms with Crippen molar-refractivity contribution < 1.29 is 5.11 Å². The number of benzene rings is 2. The third-order valence-electron chi connectivity index (χ3n) is 2.69. The van der Waals surface area contributed by atoms with Gasteiger partial charge in [0.2, 0.25) is 0 Å². The fourth-order valence-corrected chi connectivity index (χ4v) is 1.85. The third-order valence-corrected chi connectivity index (χ3v) is 3.22. The van der Waals surface area contributed by atoms with Crippen LogP contribution in [0.3, 0.4) is 0 Å². The quantitative estimate of drug-likeness (QED) is 0.841. The first kappa shape index (κ1) is 12.8. The molecule has 2 rings (SSSR count). The second-order valence-corrected chi connectivity index (χ2v) is 5.01. The van der Waals surface area contributed by atoms with Gasteiger partial charge in [-0.25, -0.2) is 0 Å². The smallest absolute Gasteiger partial charge is 0.115 e. The minimum atomic E-state index is 0.118. The molecule has 2 nitrogen and oxygen atoms in total. The van der Waals surface area contributed by atoms with Crippen LogP contribution in [0.5, 0.6) is 5.75 Å². The average molecular weight is 304 g/mol. The standard InChI is InChI=1S/C15H14BrNO/c1-11(13-4-6-14(16)7-5-13)17-10-12-2-8-15(18)9-3-12/h2-11,18H,1H3/b17-10+. The lowest BCUT2D eigenvalue weighted by molar-refractivity contribution is 0.475. The summed E-state index contributed by atoms with van der Waals surface area (Å²) in [4.78, 5) is 4.50. The second-order valence-electron chi connectivity index (χ2n) is 4.10. The highest BCUT2D eigenvalue weighted by Gasteiger charge is 2.01. The maximum atomic E-state index is 9.19. The number of nitrogens with zero attached hydrogens (tertiary/aromatic N) is 1. The number of aromatic hydroxyl groups is 1. The lowest BCUT2D eigenvalue weighted by atomic mass is 10.1. The van der Waals surface area contributed by atoms with E-state index in [1.165, 1.54) is 5.56 Å². The molecule has 2 aromatic rings. The second kappa shape index (κ2) is 5.83. The summed E-state index contributed by atoms with van der Waals surface area (Å²) in [6.07, 6.45) is 1.83. The normalized spacial score (nSPS) is 12.8. The summed E-state index contributed by atoms with van der Waals surface area (Å²) in [5.41, 5.74) is 2.16. The Morgan fingerprint density at radius 2 is 1.67 bits per heavy atom. The molecular weight excluding hydrogens is 290 g/mol. The van der Waals surface area contributed by atoms with Crippen LogP contribution in [0.2, 0.25) is 0 Å². The predicted octanol–water partition coefficient (Wildman–Crippen LogP) is 4.33. The summed E-state index contributed by atoms with van der Waals surface area (Å²) in [5.74, 6) is 0.271. The van der Waals surface area contributed by atoms with E-state index in [0.29, 0.717) is 0 Å². The van der Waals surface area contributed by atoms with E-state index in [1.807, 2.05) is 30.5 Å². The molecule has 0 aliphatic carbocycles. The van der Waals surface area contributed by atoms with Crippen LogP contribution >= 0.6 is 15.9 Å². The zero-order chi connectivity index (χ0) is 13.0. The number of hydrogen-bond donors (Lipinski definition) is 1. The number of rotatable bonds is 3. The Bertz CT molecular complexity index is 531. The first-order valence-corrected chi connectivity index (χ1v) is 6.52. The van der Waals surface area contributed by atoms with E-state index in [-0.39, 0.29) is 11.8 Å². The van der Waals surface area contributed by atoms with Gasteiger partial charge in [-0.3, -0.25) is 4.99 Å². The molecule has 18 heavy (non-hydrogen) atoms. The molecule has 1 atom stereocenters. The Balaban J connectivity index is 2.08. The molecule has 0 amide bonds. The summed E-state index contributed by atoms with van der Waals surface area (Å²) in [5, 5.41) is 9.19. The summed E-state index contributed by atoms with van der Waals surface area (Å²) in [6.45, 7) is 2.06. The summed E-state index contributed by atoms with van der Waals surface area (Å²) >= 11 is 3.41. The maximum Gasteiger partial charge on any atom is 0.115 e. The van der Waals surface area contributed by atoms with Crippen LogP contribution in [0.15, 0.2) is 58.0 Å². The first-order chi connectivity index (χ1) is 8.65. The van der Waals surface area contributed by atoms with Crippen molar-refractivity contribution in [3.63, 3.8) is 0 Å². The largest absolute Gasteiger partial charge is 0.508 e. The molecule has 92 valence electrons. The van der Waals surface area contributed by atoms with Crippen LogP contribution in [0.25, 0.3) is 0 Å². The fraction of sp³-hybridized carbons (Fsp3) is 0.133. The monoisotopic (exact) mass is 303 g/mol. The SMILES string of the molecule is CC(/N=C/c1ccc(O)cc1)c1ccc(Br)cc1. The van der Waals surface area contributed by atoms with Crippen LogP contribution in [0.4, 0.5) is 0 Å². The Hall–Kier alpha value is -1.61. The Morgan fingerprint density at radius 1 is 1.06 bits per heavy atom. The van der Waals surface area contributed by atoms with Gasteiger partial charge in [0.15, 0.2) is 0 Å². The number of aliphatic imine (C=N–C) groups is 1. The van der Waals surface area contributed by atoms with E-state index in [0.717, 1.165) is 10.0 Å². The average Bonchev–Trinajstić information content (AvgIpc) is 2.38. The number of phenols is 1. The number of hydrogen-bond acceptors (Lipinski definition) is 2. The molecule has 0 aromatic heterocycles. The van der Waals surface area contributed by atoms with Gasteiger partial charge in [0.05, 0.1) is 6.04 Å². The van der Waals surface area contributed by atoms with Crippen molar-refractivity contribution >= 4 is 22.1 Å². The molecular formula is C15H14BrNO. The predicted molar refractivity (Wildman–Crippen MR) is 78.3 cm³/mol. The molecule has 3 heteroatoms. The summed E-state index contributed by atoms with van der Waals surface area (Å²) in [6, 6.07) is 15.3. The van der Waals surface area contributed by atoms with Gasteiger partial charge in [-0.1, -0.05) is 28.1 Å². The van der Waals surface area contributed by atoms with E-state index in [1.54, 1.807) is 12.1 Å². The van der Waals surface area contributed by atoms with Crippen molar-refractivity contribution in [2.24, 2.45) is 4.99 Å². The molecule has 0 saturated carbocycles. The molecule has 0 fully saturated rings. The van der Waals surface area contributed by atoms with E-state index < -0.39 is 0 Å². The minimum absolute atomic E-state index is 0.118. The molecule has 0 bridgehead atoms. The third kappa shape index (κ3) is 3.44. The summed E-state index contributed by atoms with van der Waals surface area (Å²) < 4.78 is 1.07. The van der Waals surface area contributed by atoms with Crippen LogP contribution in [-0.2, 0) is 0 Å². The van der Waals surface area contributed by atoms with Gasteiger partial charge in [0.25, 0.3) is 0 Å². The van der Waals surface area contributed by atoms with Gasteiger partial charge in [-0.2, -0.15) is 0 Å². The summed E-state index contributed by atoms with van der Waals surface area (Å²) in [7, 11) is 0. The van der Waals surface area contributed by atoms with Crippen molar-refractivity contribution in [2.45, 2.75) is 13.0 Å². The van der Waals surface area contributed by atoms with Gasteiger partial charge in [-0.15, -0.1) is 0 Å². The molecule has 0 heterocycles. The van der Waals surface area contributed by atoms with Crippen LogP contribution in [-0.4, -0.2) is 11.3 Å². The first-order valence-electron chi connectivity index (χ1n) is 5.73. The lowest BCUT2D eigenvalue weighted by Crippen LogP contribution is -1.90. The zero-order valence-corrected chi connectivity index (χ0v) is 11.6. The minimum Gasteiger partial charge on any atom is -0.508 e. The molecule has 2 aromatic carbocycles. The van der Waals surface area contributed by atoms with Gasteiger partial charge < -0.3 is 5.11 Å². The fourth-order valence-electron chi connectivity index (χ4n) is 1.59. The molecule has 1 N–H and O–H groups in total. The van der Waals surface area contributed by atoms with Gasteiger partial charge in [0, 0.05) is 10.7 Å². The molecule has 0 saturated heterocycles. The molecule has 0 spiro atoms. The van der Waals surface area contributed by atoms with Crippen molar-refractivity contribution in [3.8, 4) is 5.75 Å². The van der Waals surface area contributed by atoms with E-state index >= 15 is 0 Å². The topological polar surface area (TPSA) is 32.6 Å². The molecule has 0 aliphatic heterocycles. The molecule has 0 radical (unpaired) electrons. The Kier molecular flexibility index (Phi) is 4.15. The highest BCUT2D eigenvalue weighted by atomic mass is 79.9. The van der Waals surface area contributed by atoms with E-state index in [4.69, 9.17) is 0 Å². The van der Waals surface area contributed by atoms with Crippen LogP contribution in [0.1, 0.15) is 24.1 Å². The molecule has 0 aliphatic rings. The van der Waals surface area contributed by atoms with E-state index in [2.05, 4.69) is 40.0 Å². The van der Waals surface area contributed by atoms with Crippen molar-refractivity contribution in [1.29, 1.82) is 0 Å². The highest BCUT2D eigenvalue weighted by Crippen LogP contribution is 2.19.